The van der Waals surface area contributed by atoms with E-state index < -0.39 is 62.1 Å². The van der Waals surface area contributed by atoms with Gasteiger partial charge >= 0.3 is 5.69 Å². The van der Waals surface area contributed by atoms with Crippen LogP contribution in [0.25, 0.3) is 0 Å². The summed E-state index contributed by atoms with van der Waals surface area (Å²) in [6.07, 6.45) is -6.24. The molecular formula is C15H14FN3O9S. The van der Waals surface area contributed by atoms with Gasteiger partial charge in [-0.15, -0.1) is 0 Å². The van der Waals surface area contributed by atoms with E-state index in [9.17, 15) is 42.7 Å². The third-order valence-electron chi connectivity index (χ3n) is 4.33. The fraction of sp³-hybridized carbons (Fsp3) is 0.333. The molecule has 1 saturated heterocycles. The van der Waals surface area contributed by atoms with Gasteiger partial charge in [-0.2, -0.15) is 4.39 Å². The molecule has 2 heterocycles. The summed E-state index contributed by atoms with van der Waals surface area (Å²) in [4.78, 5) is 34.3. The number of H-pyrrole nitrogens is 1. The lowest BCUT2D eigenvalue weighted by molar-refractivity contribution is -0.384. The molecule has 0 saturated carbocycles. The van der Waals surface area contributed by atoms with Gasteiger partial charge in [-0.3, -0.25) is 24.5 Å². The minimum Gasteiger partial charge on any atom is -0.387 e. The number of hydrogen-bond donors (Lipinski definition) is 3. The second-order valence-electron chi connectivity index (χ2n) is 6.22. The number of ether oxygens (including phenoxy) is 1. The van der Waals surface area contributed by atoms with Gasteiger partial charge in [-0.05, 0) is 12.1 Å². The first kappa shape index (κ1) is 20.8. The average Bonchev–Trinajstić information content (AvgIpc) is 2.92. The zero-order valence-corrected chi connectivity index (χ0v) is 15.2. The average molecular weight is 431 g/mol. The molecule has 1 aliphatic heterocycles. The summed E-state index contributed by atoms with van der Waals surface area (Å²) in [5.41, 5.74) is -2.75. The molecule has 1 aromatic heterocycles. The SMILES string of the molecule is O=c1[nH]c(=O)n([C@H]2O[C@@H](CS(=O)(=O)c3ccc([N+](=O)[O-])cc3)C(O)C2O)cc1F. The number of nitrogens with zero attached hydrogens (tertiary/aromatic N) is 2. The van der Waals surface area contributed by atoms with Gasteiger partial charge in [0.15, 0.2) is 16.1 Å². The van der Waals surface area contributed by atoms with E-state index >= 15 is 0 Å². The lowest BCUT2D eigenvalue weighted by atomic mass is 10.1. The number of rotatable bonds is 5. The van der Waals surface area contributed by atoms with E-state index in [4.69, 9.17) is 4.74 Å². The Bertz CT molecular complexity index is 1160. The number of hydrogen-bond acceptors (Lipinski definition) is 9. The van der Waals surface area contributed by atoms with Crippen LogP contribution in [0.4, 0.5) is 10.1 Å². The van der Waals surface area contributed by atoms with E-state index in [-0.39, 0.29) is 10.6 Å². The van der Waals surface area contributed by atoms with Gasteiger partial charge in [0.05, 0.1) is 21.8 Å². The Kier molecular flexibility index (Phi) is 5.36. The summed E-state index contributed by atoms with van der Waals surface area (Å²) >= 11 is 0. The molecule has 0 spiro atoms. The second kappa shape index (κ2) is 7.47. The van der Waals surface area contributed by atoms with Crippen LogP contribution in [0.2, 0.25) is 0 Å². The number of nitrogens with one attached hydrogen (secondary N) is 1. The molecule has 1 aliphatic rings. The lowest BCUT2D eigenvalue weighted by Crippen LogP contribution is -2.39. The standard InChI is InChI=1S/C15H14FN3O9S/c16-9-5-18(15(23)17-13(9)22)14-12(21)11(20)10(28-14)6-29(26,27)8-3-1-7(2-4-8)19(24)25/h1-5,10-12,14,20-21H,6H2,(H,17,22,23)/t10-,11?,12?,14-/m0/s1. The zero-order chi connectivity index (χ0) is 21.5. The quantitative estimate of drug-likeness (QED) is 0.382. The van der Waals surface area contributed by atoms with Crippen LogP contribution in [0.1, 0.15) is 6.23 Å². The summed E-state index contributed by atoms with van der Waals surface area (Å²) in [5.74, 6) is -2.18. The maximum absolute atomic E-state index is 13.5. The van der Waals surface area contributed by atoms with Crippen LogP contribution < -0.4 is 11.2 Å². The molecule has 0 aliphatic carbocycles. The summed E-state index contributed by atoms with van der Waals surface area (Å²) < 4.78 is 44.2. The smallest absolute Gasteiger partial charge is 0.330 e. The van der Waals surface area contributed by atoms with Crippen molar-refractivity contribution < 1.29 is 32.7 Å². The van der Waals surface area contributed by atoms with Crippen LogP contribution in [0, 0.1) is 15.9 Å². The molecule has 156 valence electrons. The van der Waals surface area contributed by atoms with Crippen LogP contribution >= 0.6 is 0 Å². The van der Waals surface area contributed by atoms with Crippen molar-refractivity contribution in [3.63, 3.8) is 0 Å². The first-order chi connectivity index (χ1) is 13.5. The monoisotopic (exact) mass is 431 g/mol. The second-order valence-corrected chi connectivity index (χ2v) is 8.26. The van der Waals surface area contributed by atoms with Crippen molar-refractivity contribution in [3.8, 4) is 0 Å². The normalized spacial score (nSPS) is 24.5. The van der Waals surface area contributed by atoms with Crippen LogP contribution in [0.15, 0.2) is 44.9 Å². The first-order valence-electron chi connectivity index (χ1n) is 8.01. The van der Waals surface area contributed by atoms with Crippen molar-refractivity contribution in [1.29, 1.82) is 0 Å². The Hall–Kier alpha value is -2.94. The number of aliphatic hydroxyl groups is 2. The number of aromatic amines is 1. The van der Waals surface area contributed by atoms with Gasteiger partial charge in [-0.25, -0.2) is 13.2 Å². The Labute approximate surface area is 160 Å². The van der Waals surface area contributed by atoms with Crippen molar-refractivity contribution >= 4 is 15.5 Å². The molecule has 29 heavy (non-hydrogen) atoms. The van der Waals surface area contributed by atoms with E-state index in [1.165, 1.54) is 0 Å². The predicted octanol–water partition coefficient (Wildman–Crippen LogP) is -1.32. The molecule has 0 radical (unpaired) electrons. The maximum atomic E-state index is 13.5. The summed E-state index contributed by atoms with van der Waals surface area (Å²) in [6.45, 7) is 0. The highest BCUT2D eigenvalue weighted by molar-refractivity contribution is 7.91. The van der Waals surface area contributed by atoms with E-state index in [0.29, 0.717) is 10.8 Å². The van der Waals surface area contributed by atoms with E-state index in [2.05, 4.69) is 0 Å². The van der Waals surface area contributed by atoms with Crippen LogP contribution in [0.5, 0.6) is 0 Å². The molecule has 2 aromatic rings. The fourth-order valence-corrected chi connectivity index (χ4v) is 4.29. The number of sulfone groups is 1. The molecule has 3 rings (SSSR count). The minimum atomic E-state index is -4.11. The molecule has 1 fully saturated rings. The lowest BCUT2D eigenvalue weighted by Gasteiger charge is -2.17. The van der Waals surface area contributed by atoms with Gasteiger partial charge in [0.25, 0.3) is 11.2 Å². The Morgan fingerprint density at radius 1 is 1.21 bits per heavy atom. The molecule has 3 N–H and O–H groups in total. The fourth-order valence-electron chi connectivity index (χ4n) is 2.83. The Morgan fingerprint density at radius 2 is 1.83 bits per heavy atom. The number of halogens is 1. The third-order valence-corrected chi connectivity index (χ3v) is 6.08. The Balaban J connectivity index is 1.85. The van der Waals surface area contributed by atoms with Crippen LogP contribution in [-0.2, 0) is 14.6 Å². The zero-order valence-electron chi connectivity index (χ0n) is 14.3. The highest BCUT2D eigenvalue weighted by atomic mass is 32.2. The van der Waals surface area contributed by atoms with Crippen LogP contribution in [-0.4, -0.2) is 57.2 Å². The summed E-state index contributed by atoms with van der Waals surface area (Å²) in [7, 11) is -4.11. The van der Waals surface area contributed by atoms with Crippen molar-refractivity contribution in [2.75, 3.05) is 5.75 Å². The highest BCUT2D eigenvalue weighted by Crippen LogP contribution is 2.30. The Morgan fingerprint density at radius 3 is 2.41 bits per heavy atom. The molecule has 1 aromatic carbocycles. The number of non-ortho nitro benzene ring substituents is 1. The number of aromatic nitrogens is 2. The largest absolute Gasteiger partial charge is 0.387 e. The molecule has 2 unspecified atom stereocenters. The molecule has 4 atom stereocenters. The molecule has 0 bridgehead atoms. The first-order valence-corrected chi connectivity index (χ1v) is 9.66. The van der Waals surface area contributed by atoms with Gasteiger partial charge in [0, 0.05) is 12.1 Å². The number of nitro groups is 1. The highest BCUT2D eigenvalue weighted by Gasteiger charge is 2.46. The molecular weight excluding hydrogens is 417 g/mol. The summed E-state index contributed by atoms with van der Waals surface area (Å²) in [5, 5.41) is 30.9. The van der Waals surface area contributed by atoms with E-state index in [1.807, 2.05) is 0 Å². The predicted molar refractivity (Wildman–Crippen MR) is 92.4 cm³/mol. The molecule has 14 heteroatoms. The van der Waals surface area contributed by atoms with Gasteiger partial charge in [0.1, 0.15) is 18.3 Å². The number of benzene rings is 1. The van der Waals surface area contributed by atoms with Crippen LogP contribution in [0.3, 0.4) is 0 Å². The molecule has 0 amide bonds. The number of nitro benzene ring substituents is 1. The van der Waals surface area contributed by atoms with Crippen molar-refractivity contribution in [3.05, 3.63) is 67.2 Å². The third kappa shape index (κ3) is 3.95. The van der Waals surface area contributed by atoms with Crippen molar-refractivity contribution in [1.82, 2.24) is 9.55 Å². The topological polar surface area (TPSA) is 182 Å². The van der Waals surface area contributed by atoms with Gasteiger partial charge < -0.3 is 14.9 Å². The van der Waals surface area contributed by atoms with Gasteiger partial charge in [-0.1, -0.05) is 0 Å². The van der Waals surface area contributed by atoms with E-state index in [1.54, 1.807) is 4.98 Å². The van der Waals surface area contributed by atoms with Crippen molar-refractivity contribution in [2.45, 2.75) is 29.4 Å². The molecule has 12 nitrogen and oxygen atoms in total. The maximum Gasteiger partial charge on any atom is 0.330 e. The number of aliphatic hydroxyl groups excluding tert-OH is 2. The van der Waals surface area contributed by atoms with Crippen molar-refractivity contribution in [2.24, 2.45) is 0 Å². The minimum absolute atomic E-state index is 0.288. The summed E-state index contributed by atoms with van der Waals surface area (Å²) in [6, 6.07) is 3.98. The van der Waals surface area contributed by atoms with E-state index in [0.717, 1.165) is 24.3 Å². The van der Waals surface area contributed by atoms with Gasteiger partial charge in [0.2, 0.25) is 5.82 Å².